The Balaban J connectivity index is 2.15. The molecule has 2 heterocycles. The highest BCUT2D eigenvalue weighted by Crippen LogP contribution is 2.31. The predicted octanol–water partition coefficient (Wildman–Crippen LogP) is 1.65. The van der Waals surface area contributed by atoms with E-state index < -0.39 is 0 Å². The number of nitrogens with two attached hydrogens (primary N) is 1. The molecule has 1 aliphatic heterocycles. The molecule has 17 heavy (non-hydrogen) atoms. The van der Waals surface area contributed by atoms with E-state index in [9.17, 15) is 0 Å². The van der Waals surface area contributed by atoms with E-state index in [0.29, 0.717) is 0 Å². The molecule has 4 nitrogen and oxygen atoms in total. The Morgan fingerprint density at radius 3 is 2.76 bits per heavy atom. The van der Waals surface area contributed by atoms with Gasteiger partial charge in [-0.25, -0.2) is 0 Å². The summed E-state index contributed by atoms with van der Waals surface area (Å²) in [6, 6.07) is 8.10. The van der Waals surface area contributed by atoms with E-state index >= 15 is 0 Å². The van der Waals surface area contributed by atoms with Gasteiger partial charge < -0.3 is 15.4 Å². The second-order valence-electron chi connectivity index (χ2n) is 4.18. The number of hydrogen-bond acceptors (Lipinski definition) is 4. The first-order valence-corrected chi connectivity index (χ1v) is 5.82. The van der Waals surface area contributed by atoms with E-state index in [1.165, 1.54) is 0 Å². The predicted molar refractivity (Wildman–Crippen MR) is 69.2 cm³/mol. The molecule has 1 aliphatic rings. The minimum Gasteiger partial charge on any atom is -0.396 e. The summed E-state index contributed by atoms with van der Waals surface area (Å²) in [4.78, 5) is 6.63. The van der Waals surface area contributed by atoms with Crippen LogP contribution in [0.4, 0.5) is 11.4 Å². The minimum absolute atomic E-state index is 0.741. The van der Waals surface area contributed by atoms with E-state index in [2.05, 4.69) is 16.0 Å². The quantitative estimate of drug-likeness (QED) is 0.808. The molecule has 0 saturated carbocycles. The summed E-state index contributed by atoms with van der Waals surface area (Å²) in [5.74, 6) is 0. The summed E-state index contributed by atoms with van der Waals surface area (Å²) in [6.07, 6.45) is 1.74. The van der Waals surface area contributed by atoms with Gasteiger partial charge in [-0.2, -0.15) is 0 Å². The molecule has 2 N–H and O–H groups in total. The number of fused-ring (bicyclic) bond motifs is 1. The normalized spacial score (nSPS) is 16.4. The Labute approximate surface area is 100.0 Å². The number of anilines is 2. The summed E-state index contributed by atoms with van der Waals surface area (Å²) < 4.78 is 5.38. The van der Waals surface area contributed by atoms with Crippen LogP contribution in [0.1, 0.15) is 0 Å². The molecule has 4 heteroatoms. The van der Waals surface area contributed by atoms with Gasteiger partial charge >= 0.3 is 0 Å². The van der Waals surface area contributed by atoms with Gasteiger partial charge in [-0.15, -0.1) is 0 Å². The molecule has 1 aromatic heterocycles. The number of benzene rings is 1. The third-order valence-corrected chi connectivity index (χ3v) is 3.10. The standard InChI is InChI=1S/C13H15N3O/c14-11-9-15-12-4-2-1-3-10(12)13(11)16-5-7-17-8-6-16/h1-4,9H,5-8,14H2. The van der Waals surface area contributed by atoms with Gasteiger partial charge in [0.25, 0.3) is 0 Å². The first-order valence-electron chi connectivity index (χ1n) is 5.82. The van der Waals surface area contributed by atoms with Crippen LogP contribution in [-0.2, 0) is 4.74 Å². The minimum atomic E-state index is 0.741. The van der Waals surface area contributed by atoms with Crippen LogP contribution < -0.4 is 10.6 Å². The van der Waals surface area contributed by atoms with E-state index in [0.717, 1.165) is 48.6 Å². The van der Waals surface area contributed by atoms with Crippen molar-refractivity contribution in [2.24, 2.45) is 0 Å². The van der Waals surface area contributed by atoms with Crippen molar-refractivity contribution >= 4 is 22.3 Å². The largest absolute Gasteiger partial charge is 0.396 e. The smallest absolute Gasteiger partial charge is 0.0745 e. The fourth-order valence-corrected chi connectivity index (χ4v) is 2.28. The number of rotatable bonds is 1. The zero-order valence-electron chi connectivity index (χ0n) is 9.60. The van der Waals surface area contributed by atoms with E-state index in [-0.39, 0.29) is 0 Å². The second kappa shape index (κ2) is 4.22. The van der Waals surface area contributed by atoms with Gasteiger partial charge in [0.05, 0.1) is 36.3 Å². The maximum atomic E-state index is 6.07. The molecule has 1 aromatic carbocycles. The summed E-state index contributed by atoms with van der Waals surface area (Å²) in [5, 5.41) is 1.12. The van der Waals surface area contributed by atoms with E-state index in [1.54, 1.807) is 6.20 Å². The van der Waals surface area contributed by atoms with Crippen LogP contribution in [0.5, 0.6) is 0 Å². The lowest BCUT2D eigenvalue weighted by atomic mass is 10.1. The lowest BCUT2D eigenvalue weighted by Crippen LogP contribution is -2.36. The second-order valence-corrected chi connectivity index (χ2v) is 4.18. The van der Waals surface area contributed by atoms with E-state index in [1.807, 2.05) is 18.2 Å². The topological polar surface area (TPSA) is 51.4 Å². The third kappa shape index (κ3) is 1.80. The molecule has 1 fully saturated rings. The fourth-order valence-electron chi connectivity index (χ4n) is 2.28. The number of nitrogen functional groups attached to an aromatic ring is 1. The monoisotopic (exact) mass is 229 g/mol. The molecule has 0 bridgehead atoms. The molecular weight excluding hydrogens is 214 g/mol. The molecule has 88 valence electrons. The van der Waals surface area contributed by atoms with Gasteiger partial charge in [-0.3, -0.25) is 4.98 Å². The van der Waals surface area contributed by atoms with Crippen molar-refractivity contribution < 1.29 is 4.74 Å². The SMILES string of the molecule is Nc1cnc2ccccc2c1N1CCOCC1. The highest BCUT2D eigenvalue weighted by molar-refractivity contribution is 5.97. The molecular formula is C13H15N3O. The highest BCUT2D eigenvalue weighted by atomic mass is 16.5. The van der Waals surface area contributed by atoms with Gasteiger partial charge in [0.1, 0.15) is 0 Å². The number of para-hydroxylation sites is 1. The average Bonchev–Trinajstić information content (AvgIpc) is 2.39. The van der Waals surface area contributed by atoms with Crippen molar-refractivity contribution in [1.82, 2.24) is 4.98 Å². The van der Waals surface area contributed by atoms with Gasteiger partial charge in [-0.05, 0) is 6.07 Å². The molecule has 0 aliphatic carbocycles. The average molecular weight is 229 g/mol. The van der Waals surface area contributed by atoms with Gasteiger partial charge in [0.15, 0.2) is 0 Å². The van der Waals surface area contributed by atoms with E-state index in [4.69, 9.17) is 10.5 Å². The van der Waals surface area contributed by atoms with Crippen molar-refractivity contribution in [3.63, 3.8) is 0 Å². The maximum Gasteiger partial charge on any atom is 0.0745 e. The van der Waals surface area contributed by atoms with Crippen molar-refractivity contribution in [3.8, 4) is 0 Å². The van der Waals surface area contributed by atoms with Gasteiger partial charge in [-0.1, -0.05) is 18.2 Å². The Hall–Kier alpha value is -1.81. The van der Waals surface area contributed by atoms with Crippen LogP contribution in [0.2, 0.25) is 0 Å². The van der Waals surface area contributed by atoms with Crippen LogP contribution in [0.3, 0.4) is 0 Å². The zero-order valence-corrected chi connectivity index (χ0v) is 9.60. The Kier molecular flexibility index (Phi) is 2.57. The Bertz CT molecular complexity index is 535. The molecule has 1 saturated heterocycles. The molecule has 0 spiro atoms. The highest BCUT2D eigenvalue weighted by Gasteiger charge is 2.16. The van der Waals surface area contributed by atoms with Crippen molar-refractivity contribution in [2.45, 2.75) is 0 Å². The number of nitrogens with zero attached hydrogens (tertiary/aromatic N) is 2. The number of morpholine rings is 1. The summed E-state index contributed by atoms with van der Waals surface area (Å²) >= 11 is 0. The maximum absolute atomic E-state index is 6.07. The third-order valence-electron chi connectivity index (χ3n) is 3.10. The fraction of sp³-hybridized carbons (Fsp3) is 0.308. The molecule has 0 unspecified atom stereocenters. The molecule has 0 radical (unpaired) electrons. The summed E-state index contributed by atoms with van der Waals surface area (Å²) in [7, 11) is 0. The number of aromatic nitrogens is 1. The molecule has 0 amide bonds. The van der Waals surface area contributed by atoms with Crippen LogP contribution >= 0.6 is 0 Å². The van der Waals surface area contributed by atoms with Gasteiger partial charge in [0, 0.05) is 18.5 Å². The first kappa shape index (κ1) is 10.4. The molecule has 0 atom stereocenters. The summed E-state index contributed by atoms with van der Waals surface area (Å²) in [5.41, 5.74) is 8.90. The number of pyridine rings is 1. The number of hydrogen-bond donors (Lipinski definition) is 1. The van der Waals surface area contributed by atoms with Crippen LogP contribution in [0.25, 0.3) is 10.9 Å². The molecule has 3 rings (SSSR count). The van der Waals surface area contributed by atoms with Crippen LogP contribution in [0.15, 0.2) is 30.5 Å². The van der Waals surface area contributed by atoms with Crippen molar-refractivity contribution in [3.05, 3.63) is 30.5 Å². The van der Waals surface area contributed by atoms with Crippen molar-refractivity contribution in [2.75, 3.05) is 36.9 Å². The Morgan fingerprint density at radius 1 is 1.18 bits per heavy atom. The zero-order chi connectivity index (χ0) is 11.7. The summed E-state index contributed by atoms with van der Waals surface area (Å²) in [6.45, 7) is 3.29. The number of ether oxygens (including phenoxy) is 1. The van der Waals surface area contributed by atoms with Gasteiger partial charge in [0.2, 0.25) is 0 Å². The van der Waals surface area contributed by atoms with Crippen molar-refractivity contribution in [1.29, 1.82) is 0 Å². The Morgan fingerprint density at radius 2 is 1.94 bits per heavy atom. The lowest BCUT2D eigenvalue weighted by molar-refractivity contribution is 0.123. The van der Waals surface area contributed by atoms with Crippen LogP contribution in [0, 0.1) is 0 Å². The molecule has 2 aromatic rings. The van der Waals surface area contributed by atoms with Crippen LogP contribution in [-0.4, -0.2) is 31.3 Å². The lowest BCUT2D eigenvalue weighted by Gasteiger charge is -2.30. The first-order chi connectivity index (χ1) is 8.36.